The Balaban J connectivity index is 2.03. The Bertz CT molecular complexity index is 725. The minimum Gasteiger partial charge on any atom is -0.399 e. The number of hydrogen-bond acceptors (Lipinski definition) is 4. The number of benzene rings is 2. The van der Waals surface area contributed by atoms with E-state index in [2.05, 4.69) is 15.3 Å². The van der Waals surface area contributed by atoms with Crippen LogP contribution in [0.1, 0.15) is 0 Å². The standard InChI is InChI=1S/C14H11ClN4/c15-9-1-4-11(5-2-9)19-14-12-6-3-10(16)7-13(12)17-8-18-14/h1-8H,16H2,(H,17,18,19). The molecule has 0 atom stereocenters. The van der Waals surface area contributed by atoms with Gasteiger partial charge in [0.2, 0.25) is 0 Å². The largest absolute Gasteiger partial charge is 0.399 e. The van der Waals surface area contributed by atoms with Gasteiger partial charge >= 0.3 is 0 Å². The van der Waals surface area contributed by atoms with Gasteiger partial charge in [0.15, 0.2) is 0 Å². The number of hydrogen-bond donors (Lipinski definition) is 2. The SMILES string of the molecule is Nc1ccc2c(Nc3ccc(Cl)cc3)ncnc2c1. The highest BCUT2D eigenvalue weighted by molar-refractivity contribution is 6.30. The van der Waals surface area contributed by atoms with E-state index in [1.165, 1.54) is 6.33 Å². The first-order valence-corrected chi connectivity index (χ1v) is 6.13. The summed E-state index contributed by atoms with van der Waals surface area (Å²) in [6.45, 7) is 0. The first kappa shape index (κ1) is 11.7. The molecule has 0 aliphatic carbocycles. The van der Waals surface area contributed by atoms with Crippen LogP contribution < -0.4 is 11.1 Å². The minimum absolute atomic E-state index is 0.684. The number of nitrogens with two attached hydrogens (primary N) is 1. The average molecular weight is 271 g/mol. The zero-order valence-electron chi connectivity index (χ0n) is 9.97. The van der Waals surface area contributed by atoms with Crippen LogP contribution >= 0.6 is 11.6 Å². The Morgan fingerprint density at radius 1 is 1.00 bits per heavy atom. The summed E-state index contributed by atoms with van der Waals surface area (Å²) in [4.78, 5) is 8.46. The van der Waals surface area contributed by atoms with E-state index in [1.807, 2.05) is 42.5 Å². The van der Waals surface area contributed by atoms with E-state index in [9.17, 15) is 0 Å². The number of nitrogens with zero attached hydrogens (tertiary/aromatic N) is 2. The van der Waals surface area contributed by atoms with Gasteiger partial charge < -0.3 is 11.1 Å². The summed E-state index contributed by atoms with van der Waals surface area (Å²) in [5.74, 6) is 0.743. The van der Waals surface area contributed by atoms with Gasteiger partial charge in [0.05, 0.1) is 5.52 Å². The van der Waals surface area contributed by atoms with Gasteiger partial charge in [0.25, 0.3) is 0 Å². The molecule has 1 aromatic heterocycles. The van der Waals surface area contributed by atoms with Crippen molar-refractivity contribution in [3.8, 4) is 0 Å². The summed E-state index contributed by atoms with van der Waals surface area (Å²) in [5, 5.41) is 4.87. The van der Waals surface area contributed by atoms with Gasteiger partial charge in [-0.25, -0.2) is 9.97 Å². The second-order valence-electron chi connectivity index (χ2n) is 4.13. The molecule has 0 aliphatic heterocycles. The second-order valence-corrected chi connectivity index (χ2v) is 4.57. The Morgan fingerprint density at radius 3 is 2.58 bits per heavy atom. The van der Waals surface area contributed by atoms with Gasteiger partial charge in [-0.05, 0) is 42.5 Å². The third kappa shape index (κ3) is 2.44. The molecule has 0 unspecified atom stereocenters. The molecule has 0 aliphatic rings. The molecule has 3 aromatic rings. The van der Waals surface area contributed by atoms with Crippen LogP contribution in [-0.4, -0.2) is 9.97 Å². The molecule has 1 heterocycles. The Morgan fingerprint density at radius 2 is 1.79 bits per heavy atom. The maximum Gasteiger partial charge on any atom is 0.141 e. The topological polar surface area (TPSA) is 63.8 Å². The summed E-state index contributed by atoms with van der Waals surface area (Å²) in [7, 11) is 0. The molecule has 0 radical (unpaired) electrons. The third-order valence-corrected chi connectivity index (χ3v) is 3.02. The van der Waals surface area contributed by atoms with Gasteiger partial charge in [-0.3, -0.25) is 0 Å². The van der Waals surface area contributed by atoms with Crippen molar-refractivity contribution in [1.82, 2.24) is 9.97 Å². The van der Waals surface area contributed by atoms with Gasteiger partial charge in [-0.15, -0.1) is 0 Å². The molecule has 0 saturated carbocycles. The van der Waals surface area contributed by atoms with Crippen molar-refractivity contribution < 1.29 is 0 Å². The summed E-state index contributed by atoms with van der Waals surface area (Å²) in [5.41, 5.74) is 8.16. The number of rotatable bonds is 2. The zero-order valence-corrected chi connectivity index (χ0v) is 10.7. The molecule has 3 rings (SSSR count). The fourth-order valence-electron chi connectivity index (χ4n) is 1.84. The third-order valence-electron chi connectivity index (χ3n) is 2.77. The van der Waals surface area contributed by atoms with Gasteiger partial charge in [0.1, 0.15) is 12.1 Å². The number of nitrogen functional groups attached to an aromatic ring is 1. The molecule has 0 saturated heterocycles. The van der Waals surface area contributed by atoms with Gasteiger partial charge in [-0.1, -0.05) is 11.6 Å². The highest BCUT2D eigenvalue weighted by Gasteiger charge is 2.04. The molecule has 2 aromatic carbocycles. The van der Waals surface area contributed by atoms with Gasteiger partial charge in [-0.2, -0.15) is 0 Å². The summed E-state index contributed by atoms with van der Waals surface area (Å²) >= 11 is 5.86. The molecule has 94 valence electrons. The van der Waals surface area contributed by atoms with Crippen molar-refractivity contribution in [2.75, 3.05) is 11.1 Å². The number of nitrogens with one attached hydrogen (secondary N) is 1. The number of anilines is 3. The Kier molecular flexibility index (Phi) is 2.93. The Hall–Kier alpha value is -2.33. The summed E-state index contributed by atoms with van der Waals surface area (Å²) in [6.07, 6.45) is 1.51. The monoisotopic (exact) mass is 270 g/mol. The van der Waals surface area contributed by atoms with Crippen LogP contribution in [0.15, 0.2) is 48.8 Å². The van der Waals surface area contributed by atoms with E-state index in [1.54, 1.807) is 0 Å². The molecule has 5 heteroatoms. The number of halogens is 1. The van der Waals surface area contributed by atoms with Crippen LogP contribution in [0.2, 0.25) is 5.02 Å². The van der Waals surface area contributed by atoms with Crippen LogP contribution in [0.5, 0.6) is 0 Å². The van der Waals surface area contributed by atoms with Crippen LogP contribution in [0.4, 0.5) is 17.2 Å². The maximum atomic E-state index is 5.86. The van der Waals surface area contributed by atoms with E-state index in [0.717, 1.165) is 22.4 Å². The lowest BCUT2D eigenvalue weighted by atomic mass is 10.2. The van der Waals surface area contributed by atoms with E-state index in [0.29, 0.717) is 10.7 Å². The molecule has 3 N–H and O–H groups in total. The van der Waals surface area contributed by atoms with Crippen molar-refractivity contribution in [1.29, 1.82) is 0 Å². The lowest BCUT2D eigenvalue weighted by molar-refractivity contribution is 1.22. The van der Waals surface area contributed by atoms with Crippen molar-refractivity contribution in [2.24, 2.45) is 0 Å². The van der Waals surface area contributed by atoms with E-state index in [-0.39, 0.29) is 0 Å². The van der Waals surface area contributed by atoms with E-state index >= 15 is 0 Å². The lowest BCUT2D eigenvalue weighted by Gasteiger charge is -2.08. The second kappa shape index (κ2) is 4.74. The molecule has 0 bridgehead atoms. The number of aromatic nitrogens is 2. The lowest BCUT2D eigenvalue weighted by Crippen LogP contribution is -1.96. The molecular weight excluding hydrogens is 260 g/mol. The fraction of sp³-hybridized carbons (Fsp3) is 0. The predicted octanol–water partition coefficient (Wildman–Crippen LogP) is 3.61. The molecule has 19 heavy (non-hydrogen) atoms. The van der Waals surface area contributed by atoms with E-state index < -0.39 is 0 Å². The predicted molar refractivity (Wildman–Crippen MR) is 78.7 cm³/mol. The van der Waals surface area contributed by atoms with Crippen molar-refractivity contribution in [3.63, 3.8) is 0 Å². The number of fused-ring (bicyclic) bond motifs is 1. The first-order valence-electron chi connectivity index (χ1n) is 5.75. The molecule has 0 amide bonds. The van der Waals surface area contributed by atoms with Crippen LogP contribution in [0.3, 0.4) is 0 Å². The van der Waals surface area contributed by atoms with Gasteiger partial charge in [0, 0.05) is 21.8 Å². The zero-order chi connectivity index (χ0) is 13.2. The van der Waals surface area contributed by atoms with Crippen molar-refractivity contribution in [3.05, 3.63) is 53.8 Å². The highest BCUT2D eigenvalue weighted by Crippen LogP contribution is 2.24. The van der Waals surface area contributed by atoms with Crippen LogP contribution in [-0.2, 0) is 0 Å². The van der Waals surface area contributed by atoms with Crippen molar-refractivity contribution in [2.45, 2.75) is 0 Å². The smallest absolute Gasteiger partial charge is 0.141 e. The van der Waals surface area contributed by atoms with Crippen LogP contribution in [0, 0.1) is 0 Å². The molecule has 0 spiro atoms. The highest BCUT2D eigenvalue weighted by atomic mass is 35.5. The average Bonchev–Trinajstić information content (AvgIpc) is 2.41. The maximum absolute atomic E-state index is 5.86. The molecule has 4 nitrogen and oxygen atoms in total. The minimum atomic E-state index is 0.684. The first-order chi connectivity index (χ1) is 9.22. The molecular formula is C14H11ClN4. The summed E-state index contributed by atoms with van der Waals surface area (Å²) < 4.78 is 0. The Labute approximate surface area is 115 Å². The van der Waals surface area contributed by atoms with Crippen molar-refractivity contribution >= 4 is 39.7 Å². The fourth-order valence-corrected chi connectivity index (χ4v) is 1.97. The van der Waals surface area contributed by atoms with E-state index in [4.69, 9.17) is 17.3 Å². The normalized spacial score (nSPS) is 10.6. The quantitative estimate of drug-likeness (QED) is 0.698. The van der Waals surface area contributed by atoms with Crippen LogP contribution in [0.25, 0.3) is 10.9 Å². The molecule has 0 fully saturated rings. The summed E-state index contributed by atoms with van der Waals surface area (Å²) in [6, 6.07) is 13.0.